The maximum atomic E-state index is 4.73. The van der Waals surface area contributed by atoms with E-state index in [4.69, 9.17) is 4.98 Å². The minimum atomic E-state index is 1.20. The van der Waals surface area contributed by atoms with Gasteiger partial charge in [0.25, 0.3) is 0 Å². The summed E-state index contributed by atoms with van der Waals surface area (Å²) in [5.74, 6) is 2.51. The predicted octanol–water partition coefficient (Wildman–Crippen LogP) is 9.34. The predicted molar refractivity (Wildman–Crippen MR) is 125 cm³/mol. The highest BCUT2D eigenvalue weighted by Crippen LogP contribution is 2.38. The molecular formula is C19H35NS5. The lowest BCUT2D eigenvalue weighted by Crippen LogP contribution is -1.81. The van der Waals surface area contributed by atoms with Gasteiger partial charge < -0.3 is 0 Å². The van der Waals surface area contributed by atoms with E-state index in [0.29, 0.717) is 0 Å². The smallest absolute Gasteiger partial charge is 0.161 e. The van der Waals surface area contributed by atoms with E-state index in [1.165, 1.54) is 97.9 Å². The number of hydrogen-bond acceptors (Lipinski definition) is 6. The van der Waals surface area contributed by atoms with Gasteiger partial charge in [0.2, 0.25) is 0 Å². The Morgan fingerprint density at radius 2 is 1.24 bits per heavy atom. The zero-order valence-corrected chi connectivity index (χ0v) is 20.0. The first-order valence-electron chi connectivity index (χ1n) is 9.91. The van der Waals surface area contributed by atoms with Crippen LogP contribution in [0.5, 0.6) is 0 Å². The molecule has 1 heterocycles. The van der Waals surface area contributed by atoms with Crippen LogP contribution in [-0.4, -0.2) is 16.5 Å². The van der Waals surface area contributed by atoms with Gasteiger partial charge in [0.05, 0.1) is 0 Å². The molecule has 0 aromatic carbocycles. The Morgan fingerprint density at radius 1 is 0.720 bits per heavy atom. The van der Waals surface area contributed by atoms with E-state index < -0.39 is 0 Å². The maximum absolute atomic E-state index is 4.73. The Morgan fingerprint density at radius 3 is 1.84 bits per heavy atom. The van der Waals surface area contributed by atoms with Crippen molar-refractivity contribution in [3.8, 4) is 0 Å². The summed E-state index contributed by atoms with van der Waals surface area (Å²) in [4.78, 5) is 4.73. The van der Waals surface area contributed by atoms with E-state index in [2.05, 4.69) is 19.2 Å². The van der Waals surface area contributed by atoms with Gasteiger partial charge in [-0.25, -0.2) is 4.98 Å². The van der Waals surface area contributed by atoms with Gasteiger partial charge in [-0.1, -0.05) is 99.6 Å². The summed E-state index contributed by atoms with van der Waals surface area (Å²) in [6.07, 6.45) is 16.6. The summed E-state index contributed by atoms with van der Waals surface area (Å²) in [5, 5.41) is 3.41. The third-order valence-corrected chi connectivity index (χ3v) is 9.99. The van der Waals surface area contributed by atoms with Crippen LogP contribution < -0.4 is 0 Å². The minimum absolute atomic E-state index is 1.20. The first-order valence-corrected chi connectivity index (χ1v) is 15.4. The number of aromatic nitrogens is 1. The molecule has 1 aromatic rings. The van der Waals surface area contributed by atoms with Crippen LogP contribution in [0, 0.1) is 0 Å². The molecule has 1 rings (SSSR count). The Balaban J connectivity index is 1.93. The van der Waals surface area contributed by atoms with E-state index in [1.54, 1.807) is 11.3 Å². The van der Waals surface area contributed by atoms with E-state index >= 15 is 0 Å². The van der Waals surface area contributed by atoms with Crippen LogP contribution in [0.2, 0.25) is 0 Å². The third kappa shape index (κ3) is 14.7. The number of rotatable bonds is 18. The van der Waals surface area contributed by atoms with Crippen LogP contribution in [0.3, 0.4) is 0 Å². The average molecular weight is 438 g/mol. The van der Waals surface area contributed by atoms with Crippen LogP contribution in [-0.2, 0) is 0 Å². The molecule has 25 heavy (non-hydrogen) atoms. The Hall–Kier alpha value is 1.03. The molecule has 0 aliphatic carbocycles. The normalized spacial score (nSPS) is 11.3. The maximum Gasteiger partial charge on any atom is 0.161 e. The van der Waals surface area contributed by atoms with Gasteiger partial charge in [0, 0.05) is 16.9 Å². The van der Waals surface area contributed by atoms with E-state index in [9.17, 15) is 0 Å². The summed E-state index contributed by atoms with van der Waals surface area (Å²) in [6.45, 7) is 4.56. The van der Waals surface area contributed by atoms with Crippen LogP contribution in [0.15, 0.2) is 14.7 Å². The number of hydrogen-bond donors (Lipinski definition) is 0. The van der Waals surface area contributed by atoms with Gasteiger partial charge in [-0.05, 0) is 34.4 Å². The fourth-order valence-corrected chi connectivity index (χ4v) is 8.05. The summed E-state index contributed by atoms with van der Waals surface area (Å²) in [5.41, 5.74) is 0. The molecule has 6 heteroatoms. The summed E-state index contributed by atoms with van der Waals surface area (Å²) < 4.78 is 1.22. The lowest BCUT2D eigenvalue weighted by molar-refractivity contribution is 0.627. The first-order chi connectivity index (χ1) is 12.4. The molecule has 0 bridgehead atoms. The largest absolute Gasteiger partial charge is 0.222 e. The molecule has 0 fully saturated rings. The molecule has 0 saturated carbocycles. The lowest BCUT2D eigenvalue weighted by atomic mass is 10.1. The van der Waals surface area contributed by atoms with E-state index in [0.717, 1.165) is 0 Å². The second kappa shape index (κ2) is 18.4. The molecule has 0 aliphatic rings. The standard InChI is InChI=1S/C19H35NS5/c1-3-5-7-9-11-13-15-22-24-18-17-21-19(20-18)25-23-16-14-12-10-8-6-4-2/h17H,3-16H2,1-2H3. The third-order valence-electron chi connectivity index (χ3n) is 3.90. The highest BCUT2D eigenvalue weighted by molar-refractivity contribution is 8.77. The molecule has 1 aromatic heterocycles. The fraction of sp³-hybridized carbons (Fsp3) is 0.842. The Kier molecular flexibility index (Phi) is 17.7. The average Bonchev–Trinajstić information content (AvgIpc) is 3.07. The van der Waals surface area contributed by atoms with Crippen LogP contribution in [0.4, 0.5) is 0 Å². The zero-order valence-electron chi connectivity index (χ0n) is 16.0. The molecule has 0 atom stereocenters. The molecule has 0 saturated heterocycles. The highest BCUT2D eigenvalue weighted by atomic mass is 33.1. The zero-order chi connectivity index (χ0) is 18.0. The monoisotopic (exact) mass is 437 g/mol. The molecule has 1 nitrogen and oxygen atoms in total. The molecule has 0 radical (unpaired) electrons. The number of unbranched alkanes of at least 4 members (excludes halogenated alkanes) is 10. The van der Waals surface area contributed by atoms with Crippen molar-refractivity contribution in [2.24, 2.45) is 0 Å². The number of thiazole rings is 1. The van der Waals surface area contributed by atoms with Crippen molar-refractivity contribution in [1.82, 2.24) is 4.98 Å². The van der Waals surface area contributed by atoms with Crippen LogP contribution in [0.1, 0.15) is 90.9 Å². The van der Waals surface area contributed by atoms with Crippen LogP contribution in [0.25, 0.3) is 0 Å². The van der Waals surface area contributed by atoms with E-state index in [1.807, 2.05) is 43.2 Å². The fourth-order valence-electron chi connectivity index (χ4n) is 2.40. The second-order valence-corrected chi connectivity index (χ2v) is 12.3. The molecule has 0 spiro atoms. The molecule has 0 N–H and O–H groups in total. The van der Waals surface area contributed by atoms with Gasteiger partial charge >= 0.3 is 0 Å². The summed E-state index contributed by atoms with van der Waals surface area (Å²) in [6, 6.07) is 0. The van der Waals surface area contributed by atoms with Gasteiger partial charge in [-0.2, -0.15) is 0 Å². The van der Waals surface area contributed by atoms with Crippen molar-refractivity contribution >= 4 is 54.5 Å². The van der Waals surface area contributed by atoms with Gasteiger partial charge in [-0.3, -0.25) is 0 Å². The lowest BCUT2D eigenvalue weighted by Gasteiger charge is -2.00. The van der Waals surface area contributed by atoms with Crippen molar-refractivity contribution in [2.45, 2.75) is 100 Å². The van der Waals surface area contributed by atoms with Crippen molar-refractivity contribution in [2.75, 3.05) is 11.5 Å². The summed E-state index contributed by atoms with van der Waals surface area (Å²) in [7, 11) is 7.67. The molecule has 146 valence electrons. The molecule has 0 unspecified atom stereocenters. The Labute approximate surface area is 175 Å². The van der Waals surface area contributed by atoms with Crippen molar-refractivity contribution in [3.05, 3.63) is 5.38 Å². The summed E-state index contributed by atoms with van der Waals surface area (Å²) >= 11 is 1.80. The van der Waals surface area contributed by atoms with Crippen molar-refractivity contribution in [3.63, 3.8) is 0 Å². The molecule has 0 amide bonds. The SMILES string of the molecule is CCCCCCCCSSc1csc(SSCCCCCCCC)n1. The van der Waals surface area contributed by atoms with Gasteiger partial charge in [0.15, 0.2) is 4.34 Å². The molecular weight excluding hydrogens is 403 g/mol. The Bertz CT molecular complexity index is 362. The minimum Gasteiger partial charge on any atom is -0.222 e. The van der Waals surface area contributed by atoms with Gasteiger partial charge in [0.1, 0.15) is 5.03 Å². The molecule has 0 aliphatic heterocycles. The highest BCUT2D eigenvalue weighted by Gasteiger charge is 2.04. The first kappa shape index (κ1) is 24.1. The van der Waals surface area contributed by atoms with Gasteiger partial charge in [-0.15, -0.1) is 11.3 Å². The van der Waals surface area contributed by atoms with Crippen molar-refractivity contribution in [1.29, 1.82) is 0 Å². The second-order valence-electron chi connectivity index (χ2n) is 6.30. The van der Waals surface area contributed by atoms with Crippen molar-refractivity contribution < 1.29 is 0 Å². The number of nitrogens with zero attached hydrogens (tertiary/aromatic N) is 1. The van der Waals surface area contributed by atoms with Crippen LogP contribution >= 0.6 is 54.5 Å². The topological polar surface area (TPSA) is 12.9 Å². The van der Waals surface area contributed by atoms with E-state index in [-0.39, 0.29) is 0 Å². The quantitative estimate of drug-likeness (QED) is 0.167.